The molecule has 222 valence electrons. The molecule has 16 heteroatoms. The number of aliphatic imine (C=N–C) groups is 2. The lowest BCUT2D eigenvalue weighted by Crippen LogP contribution is -2.58. The summed E-state index contributed by atoms with van der Waals surface area (Å²) in [6, 6.07) is 3.86. The minimum Gasteiger partial charge on any atom is -0.480 e. The summed E-state index contributed by atoms with van der Waals surface area (Å²) < 4.78 is 0. The molecule has 4 unspecified atom stereocenters. The van der Waals surface area contributed by atoms with Gasteiger partial charge in [-0.05, 0) is 31.2 Å². The summed E-state index contributed by atoms with van der Waals surface area (Å²) in [4.78, 5) is 57.8. The van der Waals surface area contributed by atoms with E-state index in [-0.39, 0.29) is 50.7 Å². The van der Waals surface area contributed by atoms with Gasteiger partial charge in [-0.3, -0.25) is 24.4 Å². The first kappa shape index (κ1) is 33.6. The van der Waals surface area contributed by atoms with Gasteiger partial charge in [0, 0.05) is 19.5 Å². The average Bonchev–Trinajstić information content (AvgIpc) is 2.90. The first-order valence-corrected chi connectivity index (χ1v) is 12.6. The van der Waals surface area contributed by atoms with Gasteiger partial charge in [0.05, 0.1) is 12.6 Å². The van der Waals surface area contributed by atoms with Gasteiger partial charge in [-0.1, -0.05) is 30.3 Å². The molecular formula is C24H40N10O6. The van der Waals surface area contributed by atoms with Gasteiger partial charge in [-0.2, -0.15) is 0 Å². The highest BCUT2D eigenvalue weighted by Gasteiger charge is 2.30. The van der Waals surface area contributed by atoms with E-state index in [4.69, 9.17) is 28.7 Å². The predicted molar refractivity (Wildman–Crippen MR) is 148 cm³/mol. The van der Waals surface area contributed by atoms with Crippen LogP contribution in [0.3, 0.4) is 0 Å². The van der Waals surface area contributed by atoms with Crippen LogP contribution in [0, 0.1) is 0 Å². The van der Waals surface area contributed by atoms with Crippen LogP contribution in [0.5, 0.6) is 0 Å². The number of nitrogens with two attached hydrogens (primary N) is 5. The Hall–Kier alpha value is -4.44. The fraction of sp³-hybridized carbons (Fsp3) is 0.500. The Morgan fingerprint density at radius 3 is 1.77 bits per heavy atom. The van der Waals surface area contributed by atoms with Gasteiger partial charge in [0.2, 0.25) is 17.7 Å². The molecule has 40 heavy (non-hydrogen) atoms. The Bertz CT molecular complexity index is 1030. The minimum atomic E-state index is -1.49. The van der Waals surface area contributed by atoms with E-state index in [0.717, 1.165) is 0 Å². The molecule has 0 aliphatic heterocycles. The molecule has 0 saturated carbocycles. The van der Waals surface area contributed by atoms with Gasteiger partial charge < -0.3 is 54.8 Å². The van der Waals surface area contributed by atoms with Gasteiger partial charge in [-0.15, -0.1) is 0 Å². The summed E-state index contributed by atoms with van der Waals surface area (Å²) in [6.07, 6.45) is 0.969. The number of aliphatic carboxylic acids is 1. The standard InChI is InChI=1S/C24H40N10O6/c25-15(8-4-10-30-23(26)27)19(36)33-17(12-14-6-2-1-3-7-14)20(37)34-18(13-35)21(38)32-16(22(39)40)9-5-11-31-24(28)29/h1-3,6-7,15-18,35H,4-5,8-13,25H2,(H,32,38)(H,33,36)(H,34,37)(H,39,40)(H4,26,27,30)(H4,28,29,31). The lowest BCUT2D eigenvalue weighted by atomic mass is 10.0. The van der Waals surface area contributed by atoms with E-state index in [0.29, 0.717) is 12.0 Å². The molecule has 0 heterocycles. The third kappa shape index (κ3) is 13.4. The molecule has 0 spiro atoms. The number of nitrogens with one attached hydrogen (secondary N) is 3. The average molecular weight is 565 g/mol. The van der Waals surface area contributed by atoms with Crippen molar-refractivity contribution in [2.45, 2.75) is 56.3 Å². The number of hydrogen-bond acceptors (Lipinski definition) is 8. The number of aliphatic hydroxyl groups is 1. The van der Waals surface area contributed by atoms with Crippen LogP contribution in [0.4, 0.5) is 0 Å². The number of carbonyl (C=O) groups is 4. The van der Waals surface area contributed by atoms with Crippen molar-refractivity contribution in [1.82, 2.24) is 16.0 Å². The van der Waals surface area contributed by atoms with E-state index in [2.05, 4.69) is 25.9 Å². The van der Waals surface area contributed by atoms with Crippen molar-refractivity contribution in [3.8, 4) is 0 Å². The zero-order valence-electron chi connectivity index (χ0n) is 22.2. The van der Waals surface area contributed by atoms with Crippen molar-refractivity contribution < 1.29 is 29.4 Å². The molecule has 0 radical (unpaired) electrons. The van der Waals surface area contributed by atoms with Crippen molar-refractivity contribution in [1.29, 1.82) is 0 Å². The predicted octanol–water partition coefficient (Wildman–Crippen LogP) is -3.81. The molecule has 0 aliphatic carbocycles. The Kier molecular flexibility index (Phi) is 15.1. The Morgan fingerprint density at radius 2 is 1.25 bits per heavy atom. The number of carboxylic acids is 1. The van der Waals surface area contributed by atoms with Gasteiger partial charge in [-0.25, -0.2) is 4.79 Å². The topological polar surface area (TPSA) is 300 Å². The largest absolute Gasteiger partial charge is 0.480 e. The van der Waals surface area contributed by atoms with Gasteiger partial charge >= 0.3 is 5.97 Å². The minimum absolute atomic E-state index is 0.00227. The molecule has 4 atom stereocenters. The van der Waals surface area contributed by atoms with E-state index in [1.54, 1.807) is 30.3 Å². The maximum atomic E-state index is 13.2. The highest BCUT2D eigenvalue weighted by Crippen LogP contribution is 2.06. The van der Waals surface area contributed by atoms with E-state index >= 15 is 0 Å². The lowest BCUT2D eigenvalue weighted by Gasteiger charge is -2.24. The second-order valence-electron chi connectivity index (χ2n) is 8.90. The molecule has 1 rings (SSSR count). The quantitative estimate of drug-likeness (QED) is 0.0468. The number of amides is 3. The zero-order valence-corrected chi connectivity index (χ0v) is 22.2. The number of benzene rings is 1. The normalized spacial score (nSPS) is 13.6. The number of hydrogen-bond donors (Lipinski definition) is 10. The van der Waals surface area contributed by atoms with Crippen LogP contribution < -0.4 is 44.6 Å². The third-order valence-corrected chi connectivity index (χ3v) is 5.60. The zero-order chi connectivity index (χ0) is 30.1. The molecule has 16 nitrogen and oxygen atoms in total. The highest BCUT2D eigenvalue weighted by atomic mass is 16.4. The molecule has 1 aromatic carbocycles. The molecule has 0 aliphatic rings. The number of rotatable bonds is 18. The second kappa shape index (κ2) is 18.0. The number of guanidine groups is 2. The van der Waals surface area contributed by atoms with Crippen LogP contribution in [-0.4, -0.2) is 89.7 Å². The maximum absolute atomic E-state index is 13.2. The smallest absolute Gasteiger partial charge is 0.326 e. The molecule has 15 N–H and O–H groups in total. The summed E-state index contributed by atoms with van der Waals surface area (Å²) >= 11 is 0. The number of carbonyl (C=O) groups excluding carboxylic acids is 3. The van der Waals surface area contributed by atoms with Crippen molar-refractivity contribution in [2.24, 2.45) is 38.7 Å². The molecule has 0 saturated heterocycles. The number of nitrogens with zero attached hydrogens (tertiary/aromatic N) is 2. The van der Waals surface area contributed by atoms with Crippen molar-refractivity contribution in [3.63, 3.8) is 0 Å². The summed E-state index contributed by atoms with van der Waals surface area (Å²) in [5.41, 5.74) is 27.7. The molecule has 0 aromatic heterocycles. The van der Waals surface area contributed by atoms with E-state index in [1.807, 2.05) is 0 Å². The summed E-state index contributed by atoms with van der Waals surface area (Å²) in [5.74, 6) is -3.87. The van der Waals surface area contributed by atoms with Crippen LogP contribution in [0.15, 0.2) is 40.3 Å². The van der Waals surface area contributed by atoms with E-state index in [9.17, 15) is 29.4 Å². The molecule has 0 bridgehead atoms. The van der Waals surface area contributed by atoms with Crippen molar-refractivity contribution >= 4 is 35.6 Å². The SMILES string of the molecule is NC(N)=NCCCC(N)C(=O)NC(Cc1ccccc1)C(=O)NC(CO)C(=O)NC(CCCN=C(N)N)C(=O)O. The summed E-state index contributed by atoms with van der Waals surface area (Å²) in [5, 5.41) is 26.5. The van der Waals surface area contributed by atoms with Crippen molar-refractivity contribution in [2.75, 3.05) is 19.7 Å². The number of carboxylic acid groups (broad SMARTS) is 1. The Morgan fingerprint density at radius 1 is 0.750 bits per heavy atom. The first-order chi connectivity index (χ1) is 18.9. The Balaban J connectivity index is 2.90. The molecule has 0 fully saturated rings. The Labute approximate surface area is 231 Å². The third-order valence-electron chi connectivity index (χ3n) is 5.60. The van der Waals surface area contributed by atoms with Gasteiger partial charge in [0.15, 0.2) is 11.9 Å². The molecule has 3 amide bonds. The van der Waals surface area contributed by atoms with Crippen LogP contribution in [0.2, 0.25) is 0 Å². The first-order valence-electron chi connectivity index (χ1n) is 12.6. The fourth-order valence-corrected chi connectivity index (χ4v) is 3.49. The van der Waals surface area contributed by atoms with E-state index in [1.165, 1.54) is 0 Å². The monoisotopic (exact) mass is 564 g/mol. The maximum Gasteiger partial charge on any atom is 0.326 e. The lowest BCUT2D eigenvalue weighted by molar-refractivity contribution is -0.142. The van der Waals surface area contributed by atoms with E-state index < -0.39 is 54.5 Å². The van der Waals surface area contributed by atoms with Crippen LogP contribution in [-0.2, 0) is 25.6 Å². The van der Waals surface area contributed by atoms with Crippen LogP contribution >= 0.6 is 0 Å². The highest BCUT2D eigenvalue weighted by molar-refractivity contribution is 5.94. The molecular weight excluding hydrogens is 524 g/mol. The van der Waals surface area contributed by atoms with Gasteiger partial charge in [0.1, 0.15) is 18.1 Å². The fourth-order valence-electron chi connectivity index (χ4n) is 3.49. The summed E-state index contributed by atoms with van der Waals surface area (Å²) in [7, 11) is 0. The number of aliphatic hydroxyl groups excluding tert-OH is 1. The van der Waals surface area contributed by atoms with Gasteiger partial charge in [0.25, 0.3) is 0 Å². The van der Waals surface area contributed by atoms with Crippen LogP contribution in [0.25, 0.3) is 0 Å². The summed E-state index contributed by atoms with van der Waals surface area (Å²) in [6.45, 7) is -0.399. The molecule has 1 aromatic rings. The van der Waals surface area contributed by atoms with Crippen molar-refractivity contribution in [3.05, 3.63) is 35.9 Å². The second-order valence-corrected chi connectivity index (χ2v) is 8.90. The van der Waals surface area contributed by atoms with Crippen LogP contribution in [0.1, 0.15) is 31.2 Å².